The fraction of sp³-hybridized carbons (Fsp3) is 0.917. The van der Waals surface area contributed by atoms with Crippen LogP contribution in [0.15, 0.2) is 4.99 Å². The number of rotatable bonds is 8. The van der Waals surface area contributed by atoms with Crippen LogP contribution in [0, 0.1) is 5.92 Å². The van der Waals surface area contributed by atoms with Crippen LogP contribution in [-0.2, 0) is 4.74 Å². The SMILES string of the molecule is CCOCCCNC(=NC)NCCC1CC1.I. The molecular weight excluding hydrogens is 329 g/mol. The van der Waals surface area contributed by atoms with Crippen molar-refractivity contribution in [1.82, 2.24) is 10.6 Å². The summed E-state index contributed by atoms with van der Waals surface area (Å²) in [5.41, 5.74) is 0. The van der Waals surface area contributed by atoms with E-state index < -0.39 is 0 Å². The molecule has 0 heterocycles. The van der Waals surface area contributed by atoms with Crippen molar-refractivity contribution in [2.24, 2.45) is 10.9 Å². The predicted octanol–water partition coefficient (Wildman–Crippen LogP) is 2.00. The zero-order valence-corrected chi connectivity index (χ0v) is 13.3. The number of ether oxygens (including phenoxy) is 1. The lowest BCUT2D eigenvalue weighted by molar-refractivity contribution is 0.145. The Morgan fingerprint density at radius 3 is 2.59 bits per heavy atom. The number of nitrogens with zero attached hydrogens (tertiary/aromatic N) is 1. The molecule has 0 aromatic rings. The van der Waals surface area contributed by atoms with Gasteiger partial charge in [0.15, 0.2) is 5.96 Å². The van der Waals surface area contributed by atoms with Gasteiger partial charge in [-0.05, 0) is 25.7 Å². The highest BCUT2D eigenvalue weighted by molar-refractivity contribution is 14.0. The van der Waals surface area contributed by atoms with E-state index in [0.29, 0.717) is 0 Å². The van der Waals surface area contributed by atoms with Gasteiger partial charge in [0, 0.05) is 33.4 Å². The Labute approximate surface area is 122 Å². The summed E-state index contributed by atoms with van der Waals surface area (Å²) in [5, 5.41) is 6.61. The minimum Gasteiger partial charge on any atom is -0.382 e. The van der Waals surface area contributed by atoms with Gasteiger partial charge < -0.3 is 15.4 Å². The van der Waals surface area contributed by atoms with Crippen LogP contribution in [0.5, 0.6) is 0 Å². The van der Waals surface area contributed by atoms with Crippen molar-refractivity contribution in [2.45, 2.75) is 32.6 Å². The Morgan fingerprint density at radius 1 is 1.29 bits per heavy atom. The van der Waals surface area contributed by atoms with E-state index in [9.17, 15) is 0 Å². The second-order valence-corrected chi connectivity index (χ2v) is 4.21. The Kier molecular flexibility index (Phi) is 11.0. The van der Waals surface area contributed by atoms with Crippen LogP contribution in [0.3, 0.4) is 0 Å². The van der Waals surface area contributed by atoms with Gasteiger partial charge in [0.2, 0.25) is 0 Å². The fourth-order valence-corrected chi connectivity index (χ4v) is 1.55. The molecule has 5 heteroatoms. The van der Waals surface area contributed by atoms with E-state index in [1.54, 1.807) is 0 Å². The van der Waals surface area contributed by atoms with E-state index in [0.717, 1.165) is 44.6 Å². The van der Waals surface area contributed by atoms with Crippen molar-refractivity contribution in [3.05, 3.63) is 0 Å². The van der Waals surface area contributed by atoms with Crippen molar-refractivity contribution in [2.75, 3.05) is 33.4 Å². The Hall–Kier alpha value is -0.0400. The molecule has 0 aromatic carbocycles. The molecule has 1 aliphatic carbocycles. The third-order valence-corrected chi connectivity index (χ3v) is 2.73. The van der Waals surface area contributed by atoms with Crippen LogP contribution >= 0.6 is 24.0 Å². The lowest BCUT2D eigenvalue weighted by atomic mass is 10.3. The first-order chi connectivity index (χ1) is 7.86. The minimum atomic E-state index is 0. The van der Waals surface area contributed by atoms with Crippen molar-refractivity contribution in [3.8, 4) is 0 Å². The van der Waals surface area contributed by atoms with Crippen LogP contribution in [0.2, 0.25) is 0 Å². The van der Waals surface area contributed by atoms with Crippen molar-refractivity contribution in [3.63, 3.8) is 0 Å². The minimum absolute atomic E-state index is 0. The molecule has 0 atom stereocenters. The fourth-order valence-electron chi connectivity index (χ4n) is 1.55. The maximum absolute atomic E-state index is 5.27. The Morgan fingerprint density at radius 2 is 2.00 bits per heavy atom. The molecule has 0 amide bonds. The number of guanidine groups is 1. The van der Waals surface area contributed by atoms with Gasteiger partial charge in [-0.15, -0.1) is 24.0 Å². The second kappa shape index (κ2) is 11.1. The van der Waals surface area contributed by atoms with Gasteiger partial charge in [-0.25, -0.2) is 0 Å². The topological polar surface area (TPSA) is 45.6 Å². The standard InChI is InChI=1S/C12H25N3O.HI/c1-3-16-10-4-8-14-12(13-2)15-9-7-11-5-6-11;/h11H,3-10H2,1-2H3,(H2,13,14,15);1H. The maximum atomic E-state index is 5.27. The summed E-state index contributed by atoms with van der Waals surface area (Å²) in [4.78, 5) is 4.18. The van der Waals surface area contributed by atoms with E-state index in [1.807, 2.05) is 14.0 Å². The first kappa shape index (κ1) is 17.0. The van der Waals surface area contributed by atoms with Gasteiger partial charge in [-0.1, -0.05) is 12.8 Å². The van der Waals surface area contributed by atoms with E-state index in [4.69, 9.17) is 4.74 Å². The molecule has 0 radical (unpaired) electrons. The summed E-state index contributed by atoms with van der Waals surface area (Å²) in [6, 6.07) is 0. The molecule has 0 saturated heterocycles. The molecule has 0 bridgehead atoms. The molecule has 0 aliphatic heterocycles. The number of hydrogen-bond donors (Lipinski definition) is 2. The van der Waals surface area contributed by atoms with Gasteiger partial charge in [-0.3, -0.25) is 4.99 Å². The number of nitrogens with one attached hydrogen (secondary N) is 2. The third kappa shape index (κ3) is 9.64. The van der Waals surface area contributed by atoms with Crippen molar-refractivity contribution >= 4 is 29.9 Å². The van der Waals surface area contributed by atoms with Crippen LogP contribution in [-0.4, -0.2) is 39.3 Å². The highest BCUT2D eigenvalue weighted by Crippen LogP contribution is 2.31. The normalized spacial score (nSPS) is 15.3. The number of hydrogen-bond acceptors (Lipinski definition) is 2. The molecule has 1 aliphatic rings. The average Bonchev–Trinajstić information content (AvgIpc) is 3.10. The molecule has 1 rings (SSSR count). The smallest absolute Gasteiger partial charge is 0.190 e. The van der Waals surface area contributed by atoms with Gasteiger partial charge >= 0.3 is 0 Å². The molecule has 0 spiro atoms. The number of aliphatic imine (C=N–C) groups is 1. The average molecular weight is 355 g/mol. The second-order valence-electron chi connectivity index (χ2n) is 4.21. The lowest BCUT2D eigenvalue weighted by Gasteiger charge is -2.11. The molecule has 1 fully saturated rings. The molecule has 2 N–H and O–H groups in total. The molecule has 0 aromatic heterocycles. The van der Waals surface area contributed by atoms with E-state index >= 15 is 0 Å². The summed E-state index contributed by atoms with van der Waals surface area (Å²) >= 11 is 0. The molecular formula is C12H26IN3O. The van der Waals surface area contributed by atoms with Gasteiger partial charge in [0.25, 0.3) is 0 Å². The van der Waals surface area contributed by atoms with Crippen molar-refractivity contribution in [1.29, 1.82) is 0 Å². The zero-order valence-electron chi connectivity index (χ0n) is 11.0. The summed E-state index contributed by atoms with van der Waals surface area (Å²) < 4.78 is 5.27. The van der Waals surface area contributed by atoms with Crippen LogP contribution in [0.4, 0.5) is 0 Å². The lowest BCUT2D eigenvalue weighted by Crippen LogP contribution is -2.38. The summed E-state index contributed by atoms with van der Waals surface area (Å²) in [6.07, 6.45) is 5.14. The number of halogens is 1. The highest BCUT2D eigenvalue weighted by atomic mass is 127. The van der Waals surface area contributed by atoms with Gasteiger partial charge in [-0.2, -0.15) is 0 Å². The van der Waals surface area contributed by atoms with Crippen LogP contribution in [0.1, 0.15) is 32.6 Å². The van der Waals surface area contributed by atoms with Gasteiger partial charge in [0.1, 0.15) is 0 Å². The highest BCUT2D eigenvalue weighted by Gasteiger charge is 2.20. The maximum Gasteiger partial charge on any atom is 0.190 e. The summed E-state index contributed by atoms with van der Waals surface area (Å²) in [5.74, 6) is 1.89. The summed E-state index contributed by atoms with van der Waals surface area (Å²) in [6.45, 7) is 5.60. The molecule has 4 nitrogen and oxygen atoms in total. The van der Waals surface area contributed by atoms with Crippen LogP contribution < -0.4 is 10.6 Å². The Bertz CT molecular complexity index is 208. The van der Waals surface area contributed by atoms with E-state index in [1.165, 1.54) is 19.3 Å². The monoisotopic (exact) mass is 355 g/mol. The van der Waals surface area contributed by atoms with Crippen molar-refractivity contribution < 1.29 is 4.74 Å². The van der Waals surface area contributed by atoms with Gasteiger partial charge in [0.05, 0.1) is 0 Å². The third-order valence-electron chi connectivity index (χ3n) is 2.73. The first-order valence-electron chi connectivity index (χ1n) is 6.39. The predicted molar refractivity (Wildman–Crippen MR) is 83.2 cm³/mol. The quantitative estimate of drug-likeness (QED) is 0.303. The molecule has 102 valence electrons. The Balaban J connectivity index is 0.00000256. The molecule has 1 saturated carbocycles. The summed E-state index contributed by atoms with van der Waals surface area (Å²) in [7, 11) is 1.81. The molecule has 0 unspecified atom stereocenters. The zero-order chi connectivity index (χ0) is 11.6. The van der Waals surface area contributed by atoms with E-state index in [2.05, 4.69) is 15.6 Å². The largest absolute Gasteiger partial charge is 0.382 e. The van der Waals surface area contributed by atoms with Crippen LogP contribution in [0.25, 0.3) is 0 Å². The van der Waals surface area contributed by atoms with E-state index in [-0.39, 0.29) is 24.0 Å². The first-order valence-corrected chi connectivity index (χ1v) is 6.39. The molecule has 17 heavy (non-hydrogen) atoms.